The molecule has 4 heteroatoms. The van der Waals surface area contributed by atoms with Crippen molar-refractivity contribution in [3.63, 3.8) is 0 Å². The van der Waals surface area contributed by atoms with Crippen LogP contribution in [0.25, 0.3) is 21.9 Å². The summed E-state index contributed by atoms with van der Waals surface area (Å²) < 4.78 is 33.0. The lowest BCUT2D eigenvalue weighted by Gasteiger charge is -2.40. The van der Waals surface area contributed by atoms with E-state index in [0.717, 1.165) is 5.56 Å². The summed E-state index contributed by atoms with van der Waals surface area (Å²) in [5, 5.41) is 13.4. The first-order valence-corrected chi connectivity index (χ1v) is 11.9. The number of fused-ring (bicyclic) bond motifs is 1. The topological polar surface area (TPSA) is 20.2 Å². The molecule has 0 spiro atoms. The fourth-order valence-corrected chi connectivity index (χ4v) is 6.68. The van der Waals surface area contributed by atoms with Gasteiger partial charge in [-0.2, -0.15) is 0 Å². The first kappa shape index (κ1) is 18.3. The molecule has 1 nitrogen and oxygen atoms in total. The van der Waals surface area contributed by atoms with Gasteiger partial charge in [0.25, 0.3) is 0 Å². The molecule has 0 aliphatic heterocycles. The number of hydrogen-bond donors (Lipinski definition) is 1. The summed E-state index contributed by atoms with van der Waals surface area (Å²) >= 11 is 20.7. The van der Waals surface area contributed by atoms with E-state index in [9.17, 15) is 5.11 Å². The number of hydrogen-bond acceptors (Lipinski definition) is 1. The van der Waals surface area contributed by atoms with E-state index in [2.05, 4.69) is 0 Å². The maximum Gasteiger partial charge on any atom is 0.130 e. The van der Waals surface area contributed by atoms with Gasteiger partial charge in [0.15, 0.2) is 0 Å². The maximum atomic E-state index is 12.9. The third kappa shape index (κ3) is 2.96. The Kier molecular flexibility index (Phi) is 4.30. The zero-order valence-electron chi connectivity index (χ0n) is 22.4. The van der Waals surface area contributed by atoms with Crippen molar-refractivity contribution in [2.75, 3.05) is 0 Å². The van der Waals surface area contributed by atoms with Gasteiger partial charge in [0, 0.05) is 22.3 Å². The molecular weight excluding hydrogens is 471 g/mol. The Bertz CT molecular complexity index is 1560. The van der Waals surface area contributed by atoms with Crippen molar-refractivity contribution in [2.24, 2.45) is 11.3 Å². The molecule has 1 N–H and O–H groups in total. The standard InChI is InChI=1S/C29H25Cl3O/c1-18-24(20-12-6-4-7-13-20)22-16-10-11-17-23(22)26(30)25(18)28(33,21-14-8-5-9-15-21)27(3)19(2)29(27,31)32/h4-17,19,33H,1-3H3/t19-,27-,28+/m0/s1/i10D,11D,16D,17D. The molecule has 4 aromatic rings. The molecule has 1 saturated carbocycles. The molecule has 0 aromatic heterocycles. The van der Waals surface area contributed by atoms with Crippen molar-refractivity contribution in [1.82, 2.24) is 0 Å². The maximum absolute atomic E-state index is 12.9. The number of rotatable bonds is 4. The highest BCUT2D eigenvalue weighted by molar-refractivity contribution is 6.52. The minimum Gasteiger partial charge on any atom is -0.380 e. The zero-order chi connectivity index (χ0) is 27.1. The highest BCUT2D eigenvalue weighted by Crippen LogP contribution is 2.77. The molecule has 1 aliphatic rings. The molecule has 0 heterocycles. The van der Waals surface area contributed by atoms with Crippen LogP contribution in [-0.4, -0.2) is 9.44 Å². The van der Waals surface area contributed by atoms with Gasteiger partial charge in [0.1, 0.15) is 9.93 Å². The third-order valence-electron chi connectivity index (χ3n) is 7.51. The predicted molar refractivity (Wildman–Crippen MR) is 140 cm³/mol. The second kappa shape index (κ2) is 7.75. The minimum absolute atomic E-state index is 0.0509. The Morgan fingerprint density at radius 3 is 2.00 bits per heavy atom. The second-order valence-corrected chi connectivity index (χ2v) is 10.7. The van der Waals surface area contributed by atoms with Gasteiger partial charge < -0.3 is 5.11 Å². The van der Waals surface area contributed by atoms with Crippen LogP contribution < -0.4 is 0 Å². The normalized spacial score (nSPS) is 25.0. The van der Waals surface area contributed by atoms with Crippen molar-refractivity contribution in [3.8, 4) is 11.1 Å². The van der Waals surface area contributed by atoms with E-state index in [1.54, 1.807) is 12.1 Å². The van der Waals surface area contributed by atoms with Crippen molar-refractivity contribution >= 4 is 45.6 Å². The van der Waals surface area contributed by atoms with E-state index >= 15 is 0 Å². The molecule has 4 aromatic carbocycles. The lowest BCUT2D eigenvalue weighted by molar-refractivity contribution is 0.00126. The Balaban J connectivity index is 2.05. The molecule has 0 saturated heterocycles. The van der Waals surface area contributed by atoms with Crippen LogP contribution >= 0.6 is 34.8 Å². The summed E-state index contributed by atoms with van der Waals surface area (Å²) in [5.41, 5.74) is -0.0862. The minimum atomic E-state index is -1.79. The van der Waals surface area contributed by atoms with E-state index in [1.165, 1.54) is 0 Å². The van der Waals surface area contributed by atoms with Crippen LogP contribution in [0, 0.1) is 18.3 Å². The Hall–Kier alpha value is -2.03. The quantitative estimate of drug-likeness (QED) is 0.279. The SMILES string of the molecule is [2H]c1c([2H])c([2H])c2c(-c3ccccc3)c(C)c([C@](O)(c3ccccc3)[C@]3(C)[C@H](C)C3(Cl)Cl)c(Cl)c2c1[2H]. The number of aliphatic hydroxyl groups is 1. The van der Waals surface area contributed by atoms with Crippen molar-refractivity contribution in [2.45, 2.75) is 30.7 Å². The van der Waals surface area contributed by atoms with Crippen LogP contribution in [0.3, 0.4) is 0 Å². The van der Waals surface area contributed by atoms with E-state index in [4.69, 9.17) is 40.3 Å². The molecule has 5 rings (SSSR count). The zero-order valence-corrected chi connectivity index (χ0v) is 20.7. The summed E-state index contributed by atoms with van der Waals surface area (Å²) in [5.74, 6) is -0.315. The smallest absolute Gasteiger partial charge is 0.130 e. The fraction of sp³-hybridized carbons (Fsp3) is 0.241. The van der Waals surface area contributed by atoms with Crippen molar-refractivity contribution in [1.29, 1.82) is 0 Å². The van der Waals surface area contributed by atoms with Crippen LogP contribution in [0.15, 0.2) is 84.8 Å². The Morgan fingerprint density at radius 2 is 1.45 bits per heavy atom. The van der Waals surface area contributed by atoms with Crippen LogP contribution in [0.2, 0.25) is 5.02 Å². The van der Waals surface area contributed by atoms with Crippen LogP contribution in [0.5, 0.6) is 0 Å². The van der Waals surface area contributed by atoms with E-state index in [0.29, 0.717) is 27.6 Å². The first-order chi connectivity index (χ1) is 17.3. The molecule has 0 bridgehead atoms. The van der Waals surface area contributed by atoms with Gasteiger partial charge in [-0.1, -0.05) is 110 Å². The molecule has 0 unspecified atom stereocenters. The average molecular weight is 500 g/mol. The van der Waals surface area contributed by atoms with Gasteiger partial charge in [0.2, 0.25) is 0 Å². The van der Waals surface area contributed by atoms with Gasteiger partial charge in [-0.05, 0) is 34.6 Å². The summed E-state index contributed by atoms with van der Waals surface area (Å²) in [4.78, 5) is 0. The van der Waals surface area contributed by atoms with Gasteiger partial charge in [-0.15, -0.1) is 23.2 Å². The lowest BCUT2D eigenvalue weighted by atomic mass is 9.70. The number of alkyl halides is 2. The van der Waals surface area contributed by atoms with E-state index in [-0.39, 0.29) is 34.5 Å². The fourth-order valence-electron chi connectivity index (χ4n) is 5.34. The molecule has 168 valence electrons. The first-order valence-electron chi connectivity index (χ1n) is 12.8. The van der Waals surface area contributed by atoms with Gasteiger partial charge in [-0.25, -0.2) is 0 Å². The average Bonchev–Trinajstić information content (AvgIpc) is 3.30. The largest absolute Gasteiger partial charge is 0.380 e. The molecule has 0 amide bonds. The van der Waals surface area contributed by atoms with Crippen LogP contribution in [0.1, 0.15) is 36.0 Å². The summed E-state index contributed by atoms with van der Waals surface area (Å²) in [6, 6.07) is 17.2. The summed E-state index contributed by atoms with van der Waals surface area (Å²) in [6.07, 6.45) is 0. The predicted octanol–water partition coefficient (Wildman–Crippen LogP) is 8.53. The summed E-state index contributed by atoms with van der Waals surface area (Å²) in [6.45, 7) is 5.52. The second-order valence-electron chi connectivity index (χ2n) is 8.93. The number of benzene rings is 4. The van der Waals surface area contributed by atoms with Crippen LogP contribution in [0.4, 0.5) is 0 Å². The molecule has 33 heavy (non-hydrogen) atoms. The Morgan fingerprint density at radius 1 is 0.939 bits per heavy atom. The lowest BCUT2D eigenvalue weighted by Crippen LogP contribution is -2.41. The van der Waals surface area contributed by atoms with Gasteiger partial charge >= 0.3 is 0 Å². The highest BCUT2D eigenvalue weighted by atomic mass is 35.5. The van der Waals surface area contributed by atoms with Crippen molar-refractivity contribution in [3.05, 3.63) is 107 Å². The third-order valence-corrected chi connectivity index (χ3v) is 9.33. The molecule has 1 aliphatic carbocycles. The van der Waals surface area contributed by atoms with Gasteiger partial charge in [-0.3, -0.25) is 0 Å². The molecule has 3 atom stereocenters. The van der Waals surface area contributed by atoms with Gasteiger partial charge in [0.05, 0.1) is 10.5 Å². The molecule has 0 radical (unpaired) electrons. The number of halogens is 3. The molecule has 1 fully saturated rings. The monoisotopic (exact) mass is 498 g/mol. The molecular formula is C29H25Cl3O. The Labute approximate surface area is 215 Å². The van der Waals surface area contributed by atoms with E-state index < -0.39 is 21.4 Å². The summed E-state index contributed by atoms with van der Waals surface area (Å²) in [7, 11) is 0. The van der Waals surface area contributed by atoms with E-state index in [1.807, 2.05) is 69.3 Å². The highest BCUT2D eigenvalue weighted by Gasteiger charge is 2.79. The van der Waals surface area contributed by atoms with Crippen molar-refractivity contribution < 1.29 is 10.6 Å². The van der Waals surface area contributed by atoms with Crippen LogP contribution in [-0.2, 0) is 5.60 Å².